The van der Waals surface area contributed by atoms with E-state index in [1.165, 1.54) is 19.3 Å². The van der Waals surface area contributed by atoms with Crippen LogP contribution in [0.15, 0.2) is 4.99 Å². The topological polar surface area (TPSA) is 63.2 Å². The zero-order chi connectivity index (χ0) is 18.5. The van der Waals surface area contributed by atoms with Crippen molar-refractivity contribution in [3.05, 3.63) is 0 Å². The van der Waals surface area contributed by atoms with Crippen molar-refractivity contribution < 1.29 is 14.3 Å². The van der Waals surface area contributed by atoms with Gasteiger partial charge < -0.3 is 19.7 Å². The summed E-state index contributed by atoms with van der Waals surface area (Å²) in [5.74, 6) is 1.42. The van der Waals surface area contributed by atoms with E-state index in [4.69, 9.17) is 9.47 Å². The maximum absolute atomic E-state index is 12.4. The van der Waals surface area contributed by atoms with Crippen LogP contribution in [0.1, 0.15) is 52.9 Å². The maximum Gasteiger partial charge on any atom is 0.311 e. The number of hydrogen-bond donors (Lipinski definition) is 1. The van der Waals surface area contributed by atoms with Gasteiger partial charge in [-0.1, -0.05) is 6.42 Å². The third-order valence-corrected chi connectivity index (χ3v) is 6.76. The van der Waals surface area contributed by atoms with E-state index < -0.39 is 5.60 Å². The first kappa shape index (κ1) is 18.1. The van der Waals surface area contributed by atoms with E-state index in [1.54, 1.807) is 0 Å². The molecule has 1 spiro atoms. The molecular formula is C20H33N3O3. The van der Waals surface area contributed by atoms with Crippen LogP contribution in [0.25, 0.3) is 0 Å². The molecule has 6 nitrogen and oxygen atoms in total. The van der Waals surface area contributed by atoms with Crippen LogP contribution in [-0.4, -0.2) is 61.3 Å². The number of rotatable bonds is 2. The molecule has 6 heteroatoms. The fourth-order valence-corrected chi connectivity index (χ4v) is 5.42. The van der Waals surface area contributed by atoms with E-state index >= 15 is 0 Å². The Morgan fingerprint density at radius 1 is 1.31 bits per heavy atom. The van der Waals surface area contributed by atoms with Gasteiger partial charge in [-0.25, -0.2) is 0 Å². The Hall–Kier alpha value is -1.30. The Balaban J connectivity index is 1.37. The Labute approximate surface area is 156 Å². The van der Waals surface area contributed by atoms with Gasteiger partial charge in [-0.3, -0.25) is 9.79 Å². The molecule has 1 N–H and O–H groups in total. The van der Waals surface area contributed by atoms with Gasteiger partial charge in [0.05, 0.1) is 12.0 Å². The lowest BCUT2D eigenvalue weighted by Crippen LogP contribution is -2.72. The summed E-state index contributed by atoms with van der Waals surface area (Å²) in [5.41, 5.74) is -0.0914. The fourth-order valence-electron chi connectivity index (χ4n) is 5.42. The van der Waals surface area contributed by atoms with Gasteiger partial charge in [-0.05, 0) is 46.5 Å². The molecule has 2 saturated carbocycles. The summed E-state index contributed by atoms with van der Waals surface area (Å²) < 4.78 is 11.6. The van der Waals surface area contributed by atoms with Crippen LogP contribution in [0, 0.1) is 17.3 Å². The number of likely N-dealkylation sites (tertiary alicyclic amines) is 1. The number of nitrogens with zero attached hydrogens (tertiary/aromatic N) is 2. The van der Waals surface area contributed by atoms with E-state index in [9.17, 15) is 4.79 Å². The van der Waals surface area contributed by atoms with E-state index in [2.05, 4.69) is 15.2 Å². The highest BCUT2D eigenvalue weighted by molar-refractivity contribution is 5.82. The lowest BCUT2D eigenvalue weighted by atomic mass is 9.46. The normalized spacial score (nSPS) is 35.7. The largest absolute Gasteiger partial charge is 0.460 e. The molecule has 2 aliphatic heterocycles. The van der Waals surface area contributed by atoms with Crippen molar-refractivity contribution in [3.63, 3.8) is 0 Å². The second kappa shape index (κ2) is 6.39. The molecule has 0 aromatic rings. The first-order chi connectivity index (χ1) is 12.3. The zero-order valence-corrected chi connectivity index (χ0v) is 16.6. The van der Waals surface area contributed by atoms with Crippen LogP contribution >= 0.6 is 0 Å². The van der Waals surface area contributed by atoms with Crippen molar-refractivity contribution in [2.75, 3.05) is 26.7 Å². The number of carbonyl (C=O) groups is 1. The molecule has 0 radical (unpaired) electrons. The molecule has 4 unspecified atom stereocenters. The summed E-state index contributed by atoms with van der Waals surface area (Å²) in [7, 11) is 1.85. The van der Waals surface area contributed by atoms with Gasteiger partial charge in [0.15, 0.2) is 5.96 Å². The fraction of sp³-hybridized carbons (Fsp3) is 0.900. The van der Waals surface area contributed by atoms with Crippen LogP contribution in [-0.2, 0) is 14.3 Å². The van der Waals surface area contributed by atoms with Crippen LogP contribution in [0.4, 0.5) is 0 Å². The molecule has 26 heavy (non-hydrogen) atoms. The molecule has 0 amide bonds. The van der Waals surface area contributed by atoms with Crippen molar-refractivity contribution in [1.82, 2.24) is 10.2 Å². The minimum Gasteiger partial charge on any atom is -0.460 e. The van der Waals surface area contributed by atoms with E-state index in [1.807, 2.05) is 27.8 Å². The standard InChI is InChI=1S/C20H33N3O3/c1-19(2,3)26-17(24)13-6-10-23(12-13)18(21-4)22-15-14-7-11-25-16(14)20(15)8-5-9-20/h13-16H,5-12H2,1-4H3,(H,21,22). The number of hydrogen-bond acceptors (Lipinski definition) is 4. The number of nitrogens with one attached hydrogen (secondary N) is 1. The highest BCUT2D eigenvalue weighted by Crippen LogP contribution is 2.62. The number of guanidine groups is 1. The molecule has 4 atom stereocenters. The minimum absolute atomic E-state index is 0.0607. The second-order valence-corrected chi connectivity index (χ2v) is 9.46. The van der Waals surface area contributed by atoms with Crippen LogP contribution in [0.5, 0.6) is 0 Å². The van der Waals surface area contributed by atoms with Gasteiger partial charge in [0.1, 0.15) is 5.60 Å². The number of esters is 1. The number of ether oxygens (including phenoxy) is 2. The molecule has 0 aromatic heterocycles. The maximum atomic E-state index is 12.4. The molecule has 146 valence electrons. The average Bonchev–Trinajstić information content (AvgIpc) is 3.13. The van der Waals surface area contributed by atoms with Gasteiger partial charge in [0.25, 0.3) is 0 Å². The minimum atomic E-state index is -0.426. The molecule has 0 bridgehead atoms. The molecule has 2 saturated heterocycles. The van der Waals surface area contributed by atoms with E-state index in [0.717, 1.165) is 32.0 Å². The SMILES string of the molecule is CN=C(NC1C2CCOC2C12CCC2)N1CCC(C(=O)OC(C)(C)C)C1. The molecule has 2 heterocycles. The lowest BCUT2D eigenvalue weighted by molar-refractivity contribution is -0.171. The first-order valence-electron chi connectivity index (χ1n) is 10.2. The second-order valence-electron chi connectivity index (χ2n) is 9.46. The summed E-state index contributed by atoms with van der Waals surface area (Å²) in [6, 6.07) is 0.475. The van der Waals surface area contributed by atoms with Crippen molar-refractivity contribution in [3.8, 4) is 0 Å². The van der Waals surface area contributed by atoms with Crippen molar-refractivity contribution in [1.29, 1.82) is 0 Å². The third-order valence-electron chi connectivity index (χ3n) is 6.76. The lowest BCUT2D eigenvalue weighted by Gasteiger charge is -2.63. The predicted octanol–water partition coefficient (Wildman–Crippen LogP) is 2.18. The Morgan fingerprint density at radius 2 is 2.08 bits per heavy atom. The van der Waals surface area contributed by atoms with Gasteiger partial charge in [-0.15, -0.1) is 0 Å². The third kappa shape index (κ3) is 2.90. The monoisotopic (exact) mass is 363 g/mol. The molecule has 4 rings (SSSR count). The molecule has 4 aliphatic rings. The van der Waals surface area contributed by atoms with Crippen molar-refractivity contribution >= 4 is 11.9 Å². The summed E-state index contributed by atoms with van der Waals surface area (Å²) in [6.45, 7) is 8.22. The number of fused-ring (bicyclic) bond motifs is 2. The van der Waals surface area contributed by atoms with Crippen molar-refractivity contribution in [2.45, 2.75) is 70.6 Å². The van der Waals surface area contributed by atoms with Gasteiger partial charge in [-0.2, -0.15) is 0 Å². The molecule has 2 aliphatic carbocycles. The number of aliphatic imine (C=N–C) groups is 1. The number of carbonyl (C=O) groups excluding carboxylic acids is 1. The Kier molecular flexibility index (Phi) is 4.45. The summed E-state index contributed by atoms with van der Waals surface area (Å²) in [4.78, 5) is 19.2. The highest BCUT2D eigenvalue weighted by Gasteiger charge is 2.67. The van der Waals surface area contributed by atoms with E-state index in [-0.39, 0.29) is 11.9 Å². The Morgan fingerprint density at radius 3 is 2.69 bits per heavy atom. The van der Waals surface area contributed by atoms with E-state index in [0.29, 0.717) is 30.0 Å². The summed E-state index contributed by atoms with van der Waals surface area (Å²) in [6.07, 6.45) is 6.29. The molecular weight excluding hydrogens is 330 g/mol. The van der Waals surface area contributed by atoms with Gasteiger partial charge >= 0.3 is 5.97 Å². The predicted molar refractivity (Wildman–Crippen MR) is 99.9 cm³/mol. The highest BCUT2D eigenvalue weighted by atomic mass is 16.6. The summed E-state index contributed by atoms with van der Waals surface area (Å²) >= 11 is 0. The molecule has 4 fully saturated rings. The Bertz CT molecular complexity index is 594. The van der Waals surface area contributed by atoms with Crippen LogP contribution in [0.3, 0.4) is 0 Å². The van der Waals surface area contributed by atoms with Gasteiger partial charge in [0, 0.05) is 44.1 Å². The van der Waals surface area contributed by atoms with Crippen LogP contribution < -0.4 is 5.32 Å². The van der Waals surface area contributed by atoms with Crippen molar-refractivity contribution in [2.24, 2.45) is 22.2 Å². The quantitative estimate of drug-likeness (QED) is 0.463. The zero-order valence-electron chi connectivity index (χ0n) is 16.6. The van der Waals surface area contributed by atoms with Crippen LogP contribution in [0.2, 0.25) is 0 Å². The van der Waals surface area contributed by atoms with Gasteiger partial charge in [0.2, 0.25) is 0 Å². The first-order valence-corrected chi connectivity index (χ1v) is 10.2. The smallest absolute Gasteiger partial charge is 0.311 e. The summed E-state index contributed by atoms with van der Waals surface area (Å²) in [5, 5.41) is 3.76. The average molecular weight is 364 g/mol. The molecule has 0 aromatic carbocycles.